The summed E-state index contributed by atoms with van der Waals surface area (Å²) in [5.41, 5.74) is -1.25. The molecule has 7 atom stereocenters. The number of methoxy groups -OCH3 is 1. The Kier molecular flexibility index (Phi) is 9.95. The van der Waals surface area contributed by atoms with Crippen LogP contribution in [0.15, 0.2) is 54.3 Å². The number of benzene rings is 2. The Morgan fingerprint density at radius 1 is 0.926 bits per heavy atom. The lowest BCUT2D eigenvalue weighted by Gasteiger charge is -2.61. The molecule has 1 fully saturated rings. The number of aliphatic hydroxyl groups is 1. The van der Waals surface area contributed by atoms with Gasteiger partial charge in [-0.05, 0) is 44.1 Å². The second kappa shape index (κ2) is 14.1. The van der Waals surface area contributed by atoms with Gasteiger partial charge in [0.2, 0.25) is 18.3 Å². The monoisotopic (exact) mass is 761 g/mol. The molecule has 2 bridgehead atoms. The van der Waals surface area contributed by atoms with Crippen molar-refractivity contribution in [2.75, 3.05) is 20.7 Å². The van der Waals surface area contributed by atoms with Crippen molar-refractivity contribution in [1.29, 1.82) is 0 Å². The van der Waals surface area contributed by atoms with E-state index in [0.717, 1.165) is 31.5 Å². The summed E-state index contributed by atoms with van der Waals surface area (Å²) >= 11 is 0. The summed E-state index contributed by atoms with van der Waals surface area (Å²) in [5, 5.41) is 12.5. The van der Waals surface area contributed by atoms with Crippen molar-refractivity contribution in [2.24, 2.45) is 0 Å². The molecule has 0 amide bonds. The van der Waals surface area contributed by atoms with Gasteiger partial charge in [-0.1, -0.05) is 36.4 Å². The minimum atomic E-state index is -5.60. The normalized spacial score (nSPS) is 25.3. The Labute approximate surface area is 304 Å². The topological polar surface area (TPSA) is 190 Å². The number of likely N-dealkylation sites (tertiary alicyclic amines) is 1. The molecule has 18 heteroatoms. The van der Waals surface area contributed by atoms with Gasteiger partial charge in [-0.2, -0.15) is 13.2 Å². The molecular weight excluding hydrogens is 727 g/mol. The van der Waals surface area contributed by atoms with E-state index < -0.39 is 77.4 Å². The van der Waals surface area contributed by atoms with Crippen molar-refractivity contribution >= 4 is 35.8 Å². The van der Waals surface area contributed by atoms with E-state index in [2.05, 4.69) is 4.74 Å². The summed E-state index contributed by atoms with van der Waals surface area (Å²) in [5.74, 6) is -9.98. The van der Waals surface area contributed by atoms with Crippen molar-refractivity contribution in [2.45, 2.75) is 80.8 Å². The van der Waals surface area contributed by atoms with Crippen LogP contribution >= 0.6 is 0 Å². The Balaban J connectivity index is 1.33. The fourth-order valence-corrected chi connectivity index (χ4v) is 7.85. The lowest BCUT2D eigenvalue weighted by molar-refractivity contribution is -0.208. The Morgan fingerprint density at radius 3 is 2.19 bits per heavy atom. The SMILES string of the molecule is COc1ccc2c3c1O[C@H]1C(OC(=O)[C@H](OC(C)=O)[C@@H](OC(C)=O)C(=O)O[C@H](C(=O)OC(=O)C(F)(F)F)c4ccccc4)=CC[C@@]4(O)C(C2)N(C)CC[C@]314. The number of alkyl halides is 3. The van der Waals surface area contributed by atoms with Gasteiger partial charge in [0.05, 0.1) is 18.1 Å². The molecule has 54 heavy (non-hydrogen) atoms. The Bertz CT molecular complexity index is 1930. The van der Waals surface area contributed by atoms with Gasteiger partial charge in [0.1, 0.15) is 5.76 Å². The van der Waals surface area contributed by atoms with Crippen molar-refractivity contribution in [3.05, 3.63) is 71.0 Å². The first-order valence-electron chi connectivity index (χ1n) is 16.6. The van der Waals surface area contributed by atoms with Gasteiger partial charge in [-0.3, -0.25) is 9.59 Å². The van der Waals surface area contributed by atoms with E-state index in [1.165, 1.54) is 31.4 Å². The number of ether oxygens (including phenoxy) is 7. The van der Waals surface area contributed by atoms with Crippen molar-refractivity contribution < 1.29 is 80.2 Å². The molecule has 1 spiro atoms. The zero-order valence-corrected chi connectivity index (χ0v) is 29.2. The van der Waals surface area contributed by atoms with Gasteiger partial charge in [0.25, 0.3) is 0 Å². The highest BCUT2D eigenvalue weighted by Gasteiger charge is 2.72. The number of esters is 6. The van der Waals surface area contributed by atoms with E-state index in [0.29, 0.717) is 36.4 Å². The predicted octanol–water partition coefficient (Wildman–Crippen LogP) is 2.30. The van der Waals surface area contributed by atoms with Gasteiger partial charge < -0.3 is 43.2 Å². The average Bonchev–Trinajstić information content (AvgIpc) is 3.47. The van der Waals surface area contributed by atoms with Gasteiger partial charge in [0, 0.05) is 37.4 Å². The zero-order chi connectivity index (χ0) is 39.3. The fraction of sp³-hybridized carbons (Fsp3) is 0.444. The molecule has 15 nitrogen and oxygen atoms in total. The summed E-state index contributed by atoms with van der Waals surface area (Å²) in [6.07, 6.45) is -11.8. The first-order valence-corrected chi connectivity index (χ1v) is 16.6. The van der Waals surface area contributed by atoms with Gasteiger partial charge in [0.15, 0.2) is 17.6 Å². The largest absolute Gasteiger partial charge is 0.493 e. The van der Waals surface area contributed by atoms with E-state index in [1.807, 2.05) is 18.0 Å². The van der Waals surface area contributed by atoms with E-state index >= 15 is 0 Å². The average molecular weight is 762 g/mol. The molecular formula is C36H34F3NO14. The van der Waals surface area contributed by atoms with E-state index in [-0.39, 0.29) is 23.8 Å². The highest BCUT2D eigenvalue weighted by molar-refractivity contribution is 5.94. The third-order valence-electron chi connectivity index (χ3n) is 10.1. The molecule has 2 aromatic carbocycles. The molecule has 0 saturated carbocycles. The molecule has 2 aromatic rings. The van der Waals surface area contributed by atoms with Crippen LogP contribution in [0.3, 0.4) is 0 Å². The smallest absolute Gasteiger partial charge is 0.491 e. The maximum Gasteiger partial charge on any atom is 0.491 e. The molecule has 4 aliphatic rings. The maximum absolute atomic E-state index is 14.0. The Morgan fingerprint density at radius 2 is 1.57 bits per heavy atom. The van der Waals surface area contributed by atoms with Gasteiger partial charge in [-0.25, -0.2) is 19.2 Å². The minimum Gasteiger partial charge on any atom is -0.493 e. The van der Waals surface area contributed by atoms with Crippen LogP contribution < -0.4 is 9.47 Å². The molecule has 0 radical (unpaired) electrons. The number of hydrogen-bond acceptors (Lipinski definition) is 15. The van der Waals surface area contributed by atoms with Crippen LogP contribution in [0.4, 0.5) is 13.2 Å². The van der Waals surface area contributed by atoms with Crippen molar-refractivity contribution in [3.63, 3.8) is 0 Å². The van der Waals surface area contributed by atoms with Crippen molar-refractivity contribution in [3.8, 4) is 11.5 Å². The number of piperidine rings is 1. The second-order valence-electron chi connectivity index (χ2n) is 13.2. The lowest BCUT2D eigenvalue weighted by atomic mass is 9.50. The number of nitrogens with zero attached hydrogens (tertiary/aromatic N) is 1. The first-order chi connectivity index (χ1) is 25.4. The lowest BCUT2D eigenvalue weighted by Crippen LogP contribution is -2.74. The number of likely N-dealkylation sites (N-methyl/N-ethyl adjacent to an activating group) is 1. The van der Waals surface area contributed by atoms with E-state index in [1.54, 1.807) is 6.07 Å². The van der Waals surface area contributed by atoms with Crippen LogP contribution in [-0.4, -0.2) is 103 Å². The molecule has 1 unspecified atom stereocenters. The number of rotatable bonds is 10. The molecule has 1 N–H and O–H groups in total. The zero-order valence-electron chi connectivity index (χ0n) is 29.2. The van der Waals surface area contributed by atoms with Crippen LogP contribution in [0, 0.1) is 0 Å². The standard InChI is InChI=1S/C36H34F3NO14/c1-17(41)49-27(28(50-18(2)42)32(45)53-25(19-8-6-5-7-9-19)30(43)54-33(46)36(37,38)39)31(44)51-22-12-13-35(47)23-16-20-10-11-21(48-4)26-24(20)34(35,29(22)52-26)14-15-40(23)3/h5-12,23,25,27-29,47H,13-16H2,1-4H3/t23?,25-,27+,28+,29-,34-,35+/m0/s1. The van der Waals surface area contributed by atoms with E-state index in [4.69, 9.17) is 28.4 Å². The van der Waals surface area contributed by atoms with Crippen molar-refractivity contribution in [1.82, 2.24) is 4.90 Å². The summed E-state index contributed by atoms with van der Waals surface area (Å²) in [7, 11) is 3.34. The van der Waals surface area contributed by atoms with Crippen LogP contribution in [-0.2, 0) is 64.3 Å². The van der Waals surface area contributed by atoms with Gasteiger partial charge >= 0.3 is 42.0 Å². The predicted molar refractivity (Wildman–Crippen MR) is 171 cm³/mol. The van der Waals surface area contributed by atoms with Crippen LogP contribution in [0.25, 0.3) is 0 Å². The van der Waals surface area contributed by atoms with E-state index in [9.17, 15) is 47.0 Å². The van der Waals surface area contributed by atoms with Crippen LogP contribution in [0.2, 0.25) is 0 Å². The van der Waals surface area contributed by atoms with Gasteiger partial charge in [-0.15, -0.1) is 0 Å². The summed E-state index contributed by atoms with van der Waals surface area (Å²) in [6, 6.07) is 9.62. The quantitative estimate of drug-likeness (QED) is 0.211. The molecule has 2 heterocycles. The fourth-order valence-electron chi connectivity index (χ4n) is 7.85. The third kappa shape index (κ3) is 6.42. The maximum atomic E-state index is 14.0. The number of carbonyl (C=O) groups excluding carboxylic acids is 6. The summed E-state index contributed by atoms with van der Waals surface area (Å²) in [6.45, 7) is 2.20. The molecule has 0 aromatic heterocycles. The van der Waals surface area contributed by atoms with Crippen LogP contribution in [0.5, 0.6) is 11.5 Å². The highest BCUT2D eigenvalue weighted by Crippen LogP contribution is 2.65. The summed E-state index contributed by atoms with van der Waals surface area (Å²) < 4.78 is 75.8. The number of halogens is 3. The first kappa shape index (κ1) is 38.2. The summed E-state index contributed by atoms with van der Waals surface area (Å²) in [4.78, 5) is 78.5. The Hall–Kier alpha value is -5.49. The number of hydrogen-bond donors (Lipinski definition) is 1. The third-order valence-corrected chi connectivity index (χ3v) is 10.1. The molecule has 2 aliphatic heterocycles. The molecule has 1 saturated heterocycles. The minimum absolute atomic E-state index is 0.0221. The molecule has 2 aliphatic carbocycles. The molecule has 6 rings (SSSR count). The second-order valence-corrected chi connectivity index (χ2v) is 13.2. The molecule has 288 valence electrons. The van der Waals surface area contributed by atoms with Crippen LogP contribution in [0.1, 0.15) is 49.5 Å². The number of carbonyl (C=O) groups is 6. The highest BCUT2D eigenvalue weighted by atomic mass is 19.4.